The minimum absolute atomic E-state index is 0.198. The molecule has 0 saturated carbocycles. The number of amides is 2. The first-order chi connectivity index (χ1) is 8.92. The third-order valence-electron chi connectivity index (χ3n) is 2.41. The number of carbonyl (C=O) groups excluding carboxylic acids is 1. The summed E-state index contributed by atoms with van der Waals surface area (Å²) in [7, 11) is 0. The number of hydrogen-bond donors (Lipinski definition) is 2. The Morgan fingerprint density at radius 2 is 2.21 bits per heavy atom. The lowest BCUT2D eigenvalue weighted by Crippen LogP contribution is -2.40. The second-order valence-electron chi connectivity index (χ2n) is 4.68. The number of aryl methyl sites for hydroxylation is 1. The fraction of sp³-hybridized carbons (Fsp3) is 0.583. The Morgan fingerprint density at radius 1 is 1.53 bits per heavy atom. The van der Waals surface area contributed by atoms with Crippen LogP contribution in [0.2, 0.25) is 0 Å². The standard InChI is InChI=1S/C12H20N4O3/c1-4-16-7-10(5-13-16)14-12(19)15(6-9(2)3)8-11(17)18/h5,7,9H,4,6,8H2,1-3H3,(H,14,19)(H,17,18). The van der Waals surface area contributed by atoms with E-state index < -0.39 is 12.0 Å². The number of carbonyl (C=O) groups is 2. The second-order valence-corrected chi connectivity index (χ2v) is 4.68. The van der Waals surface area contributed by atoms with Crippen LogP contribution in [-0.2, 0) is 11.3 Å². The Bertz CT molecular complexity index is 442. The Kier molecular flexibility index (Phi) is 5.35. The van der Waals surface area contributed by atoms with E-state index in [1.807, 2.05) is 20.8 Å². The predicted molar refractivity (Wildman–Crippen MR) is 71.0 cm³/mol. The van der Waals surface area contributed by atoms with E-state index in [0.29, 0.717) is 18.8 Å². The van der Waals surface area contributed by atoms with E-state index in [2.05, 4.69) is 10.4 Å². The van der Waals surface area contributed by atoms with Crippen molar-refractivity contribution in [1.82, 2.24) is 14.7 Å². The minimum Gasteiger partial charge on any atom is -0.480 e. The summed E-state index contributed by atoms with van der Waals surface area (Å²) >= 11 is 0. The molecule has 0 aliphatic rings. The van der Waals surface area contributed by atoms with Crippen LogP contribution in [0.25, 0.3) is 0 Å². The molecule has 0 bridgehead atoms. The van der Waals surface area contributed by atoms with Gasteiger partial charge in [-0.3, -0.25) is 9.48 Å². The number of rotatable bonds is 6. The van der Waals surface area contributed by atoms with Crippen molar-refractivity contribution in [3.05, 3.63) is 12.4 Å². The highest BCUT2D eigenvalue weighted by atomic mass is 16.4. The van der Waals surface area contributed by atoms with E-state index >= 15 is 0 Å². The van der Waals surface area contributed by atoms with Gasteiger partial charge in [-0.25, -0.2) is 4.79 Å². The van der Waals surface area contributed by atoms with Crippen LogP contribution in [0.3, 0.4) is 0 Å². The monoisotopic (exact) mass is 268 g/mol. The van der Waals surface area contributed by atoms with Crippen LogP contribution in [-0.4, -0.2) is 44.9 Å². The van der Waals surface area contributed by atoms with Gasteiger partial charge in [0.2, 0.25) is 0 Å². The molecule has 0 saturated heterocycles. The molecule has 0 fully saturated rings. The molecule has 1 rings (SSSR count). The predicted octanol–water partition coefficient (Wildman–Crippen LogP) is 1.48. The van der Waals surface area contributed by atoms with Gasteiger partial charge in [0.15, 0.2) is 0 Å². The zero-order valence-corrected chi connectivity index (χ0v) is 11.5. The van der Waals surface area contributed by atoms with Gasteiger partial charge < -0.3 is 15.3 Å². The number of anilines is 1. The van der Waals surface area contributed by atoms with Gasteiger partial charge in [-0.05, 0) is 12.8 Å². The average molecular weight is 268 g/mol. The number of nitrogens with one attached hydrogen (secondary N) is 1. The van der Waals surface area contributed by atoms with Gasteiger partial charge in [-0.1, -0.05) is 13.8 Å². The molecule has 1 heterocycles. The molecular weight excluding hydrogens is 248 g/mol. The van der Waals surface area contributed by atoms with Crippen LogP contribution < -0.4 is 5.32 Å². The van der Waals surface area contributed by atoms with Gasteiger partial charge >= 0.3 is 12.0 Å². The van der Waals surface area contributed by atoms with Crippen molar-refractivity contribution in [2.45, 2.75) is 27.3 Å². The van der Waals surface area contributed by atoms with E-state index in [4.69, 9.17) is 5.11 Å². The maximum atomic E-state index is 12.0. The number of carboxylic acids is 1. The Labute approximate surface area is 112 Å². The first kappa shape index (κ1) is 15.0. The van der Waals surface area contributed by atoms with Crippen molar-refractivity contribution in [2.75, 3.05) is 18.4 Å². The number of aliphatic carboxylic acids is 1. The topological polar surface area (TPSA) is 87.5 Å². The summed E-state index contributed by atoms with van der Waals surface area (Å²) in [6.07, 6.45) is 3.24. The van der Waals surface area contributed by atoms with E-state index in [9.17, 15) is 9.59 Å². The molecule has 2 N–H and O–H groups in total. The van der Waals surface area contributed by atoms with Crippen LogP contribution in [0, 0.1) is 5.92 Å². The quantitative estimate of drug-likeness (QED) is 0.818. The lowest BCUT2D eigenvalue weighted by Gasteiger charge is -2.22. The first-order valence-corrected chi connectivity index (χ1v) is 6.22. The SMILES string of the molecule is CCn1cc(NC(=O)N(CC(=O)O)CC(C)C)cn1. The third kappa shape index (κ3) is 4.99. The molecular formula is C12H20N4O3. The summed E-state index contributed by atoms with van der Waals surface area (Å²) in [5, 5.41) is 15.5. The molecule has 0 radical (unpaired) electrons. The highest BCUT2D eigenvalue weighted by molar-refractivity contribution is 5.91. The van der Waals surface area contributed by atoms with E-state index in [-0.39, 0.29) is 12.5 Å². The number of hydrogen-bond acceptors (Lipinski definition) is 3. The molecule has 0 spiro atoms. The summed E-state index contributed by atoms with van der Waals surface area (Å²) in [5.74, 6) is -0.830. The highest BCUT2D eigenvalue weighted by Gasteiger charge is 2.18. The smallest absolute Gasteiger partial charge is 0.323 e. The largest absolute Gasteiger partial charge is 0.480 e. The van der Waals surface area contributed by atoms with Gasteiger partial charge in [0.05, 0.1) is 11.9 Å². The maximum Gasteiger partial charge on any atom is 0.323 e. The fourth-order valence-corrected chi connectivity index (χ4v) is 1.63. The lowest BCUT2D eigenvalue weighted by molar-refractivity contribution is -0.137. The normalized spacial score (nSPS) is 10.5. The van der Waals surface area contributed by atoms with Gasteiger partial charge in [0.1, 0.15) is 6.54 Å². The van der Waals surface area contributed by atoms with Gasteiger partial charge in [0.25, 0.3) is 0 Å². The van der Waals surface area contributed by atoms with Crippen LogP contribution in [0.4, 0.5) is 10.5 Å². The molecule has 7 nitrogen and oxygen atoms in total. The zero-order chi connectivity index (χ0) is 14.4. The van der Waals surface area contributed by atoms with Gasteiger partial charge in [0, 0.05) is 19.3 Å². The van der Waals surface area contributed by atoms with E-state index in [0.717, 1.165) is 0 Å². The van der Waals surface area contributed by atoms with Crippen molar-refractivity contribution >= 4 is 17.7 Å². The molecule has 0 aliphatic heterocycles. The number of nitrogens with zero attached hydrogens (tertiary/aromatic N) is 3. The maximum absolute atomic E-state index is 12.0. The summed E-state index contributed by atoms with van der Waals surface area (Å²) in [5.41, 5.74) is 0.561. The fourth-order valence-electron chi connectivity index (χ4n) is 1.63. The van der Waals surface area contributed by atoms with Crippen molar-refractivity contribution in [3.63, 3.8) is 0 Å². The molecule has 2 amide bonds. The van der Waals surface area contributed by atoms with Crippen LogP contribution >= 0.6 is 0 Å². The Hall–Kier alpha value is -2.05. The van der Waals surface area contributed by atoms with Crippen molar-refractivity contribution in [2.24, 2.45) is 5.92 Å². The molecule has 0 unspecified atom stereocenters. The number of urea groups is 1. The summed E-state index contributed by atoms with van der Waals surface area (Å²) in [6, 6.07) is -0.424. The summed E-state index contributed by atoms with van der Waals surface area (Å²) < 4.78 is 1.68. The highest BCUT2D eigenvalue weighted by Crippen LogP contribution is 2.07. The molecule has 0 aliphatic carbocycles. The lowest BCUT2D eigenvalue weighted by atomic mass is 10.2. The van der Waals surface area contributed by atoms with Gasteiger partial charge in [-0.15, -0.1) is 0 Å². The molecule has 0 aromatic carbocycles. The molecule has 1 aromatic heterocycles. The summed E-state index contributed by atoms with van der Waals surface area (Å²) in [4.78, 5) is 24.0. The molecule has 19 heavy (non-hydrogen) atoms. The molecule has 0 atom stereocenters. The minimum atomic E-state index is -1.03. The molecule has 7 heteroatoms. The van der Waals surface area contributed by atoms with E-state index in [1.165, 1.54) is 11.1 Å². The van der Waals surface area contributed by atoms with E-state index in [1.54, 1.807) is 10.9 Å². The van der Waals surface area contributed by atoms with Crippen LogP contribution in [0.5, 0.6) is 0 Å². The zero-order valence-electron chi connectivity index (χ0n) is 11.5. The number of carboxylic acid groups (broad SMARTS) is 1. The third-order valence-corrected chi connectivity index (χ3v) is 2.41. The van der Waals surface area contributed by atoms with Crippen LogP contribution in [0.15, 0.2) is 12.4 Å². The van der Waals surface area contributed by atoms with Crippen molar-refractivity contribution in [1.29, 1.82) is 0 Å². The molecule has 1 aromatic rings. The Balaban J connectivity index is 2.67. The summed E-state index contributed by atoms with van der Waals surface area (Å²) in [6.45, 7) is 6.58. The average Bonchev–Trinajstić information content (AvgIpc) is 2.74. The Morgan fingerprint density at radius 3 is 2.68 bits per heavy atom. The second kappa shape index (κ2) is 6.77. The van der Waals surface area contributed by atoms with Crippen molar-refractivity contribution < 1.29 is 14.7 Å². The molecule has 106 valence electrons. The number of aromatic nitrogens is 2. The first-order valence-electron chi connectivity index (χ1n) is 6.22. The van der Waals surface area contributed by atoms with Gasteiger partial charge in [-0.2, -0.15) is 5.10 Å². The van der Waals surface area contributed by atoms with Crippen molar-refractivity contribution in [3.8, 4) is 0 Å². The van der Waals surface area contributed by atoms with Crippen LogP contribution in [0.1, 0.15) is 20.8 Å².